The summed E-state index contributed by atoms with van der Waals surface area (Å²) in [5.41, 5.74) is 7.14. The molecule has 1 saturated carbocycles. The maximum absolute atomic E-state index is 12.2. The minimum Gasteiger partial charge on any atom is -0.491 e. The molecule has 4 nitrogen and oxygen atoms in total. The van der Waals surface area contributed by atoms with E-state index in [1.165, 1.54) is 5.56 Å². The van der Waals surface area contributed by atoms with Crippen molar-refractivity contribution in [3.05, 3.63) is 29.8 Å². The number of nitrogens with two attached hydrogens (primary N) is 1. The fourth-order valence-corrected chi connectivity index (χ4v) is 2.72. The van der Waals surface area contributed by atoms with Crippen molar-refractivity contribution in [1.29, 1.82) is 0 Å². The van der Waals surface area contributed by atoms with Crippen LogP contribution in [-0.2, 0) is 4.79 Å². The van der Waals surface area contributed by atoms with Crippen molar-refractivity contribution in [2.75, 3.05) is 6.61 Å². The van der Waals surface area contributed by atoms with E-state index in [0.717, 1.165) is 31.4 Å². The van der Waals surface area contributed by atoms with Gasteiger partial charge in [0.2, 0.25) is 5.91 Å². The first-order valence-corrected chi connectivity index (χ1v) is 7.80. The fourth-order valence-electron chi connectivity index (χ4n) is 2.72. The summed E-state index contributed by atoms with van der Waals surface area (Å²) in [5.74, 6) is 1.02. The number of ether oxygens (including phenoxy) is 1. The highest BCUT2D eigenvalue weighted by Crippen LogP contribution is 2.23. The van der Waals surface area contributed by atoms with Crippen LogP contribution in [0.25, 0.3) is 0 Å². The molecule has 4 heteroatoms. The van der Waals surface area contributed by atoms with Gasteiger partial charge in [0.05, 0.1) is 6.04 Å². The Balaban J connectivity index is 1.74. The highest BCUT2D eigenvalue weighted by atomic mass is 16.5. The zero-order chi connectivity index (χ0) is 15.2. The number of hydrogen-bond donors (Lipinski definition) is 2. The summed E-state index contributed by atoms with van der Waals surface area (Å²) < 4.78 is 5.69. The summed E-state index contributed by atoms with van der Waals surface area (Å²) in [7, 11) is 0. The van der Waals surface area contributed by atoms with Crippen LogP contribution >= 0.6 is 0 Å². The minimum atomic E-state index is -0.00282. The van der Waals surface area contributed by atoms with E-state index in [2.05, 4.69) is 5.32 Å². The van der Waals surface area contributed by atoms with Crippen molar-refractivity contribution in [2.24, 2.45) is 11.7 Å². The Bertz CT molecular complexity index is 458. The molecule has 0 aromatic heterocycles. The van der Waals surface area contributed by atoms with Gasteiger partial charge < -0.3 is 15.8 Å². The van der Waals surface area contributed by atoms with Gasteiger partial charge >= 0.3 is 0 Å². The molecule has 0 aliphatic heterocycles. The Kier molecular flexibility index (Phi) is 5.62. The predicted molar refractivity (Wildman–Crippen MR) is 84.2 cm³/mol. The average Bonchev–Trinajstić information content (AvgIpc) is 2.46. The number of benzene rings is 1. The summed E-state index contributed by atoms with van der Waals surface area (Å²) in [6.45, 7) is 4.49. The topological polar surface area (TPSA) is 64.3 Å². The summed E-state index contributed by atoms with van der Waals surface area (Å²) in [6.07, 6.45) is 3.84. The van der Waals surface area contributed by atoms with Gasteiger partial charge in [-0.25, -0.2) is 0 Å². The first kappa shape index (κ1) is 15.8. The van der Waals surface area contributed by atoms with Crippen LogP contribution in [0.2, 0.25) is 0 Å². The maximum atomic E-state index is 12.2. The fraction of sp³-hybridized carbons (Fsp3) is 0.588. The minimum absolute atomic E-state index is 0.00282. The van der Waals surface area contributed by atoms with E-state index in [1.807, 2.05) is 38.1 Å². The van der Waals surface area contributed by atoms with Crippen LogP contribution < -0.4 is 15.8 Å². The molecule has 3 unspecified atom stereocenters. The molecule has 1 aromatic rings. The first-order chi connectivity index (χ1) is 10.0. The van der Waals surface area contributed by atoms with Gasteiger partial charge in [0.25, 0.3) is 0 Å². The normalized spacial score (nSPS) is 23.4. The van der Waals surface area contributed by atoms with Crippen molar-refractivity contribution in [3.8, 4) is 5.75 Å². The molecule has 1 amide bonds. The SMILES string of the molecule is Cc1ccc(OCC(C)NC(=O)C2CCCC(N)C2)cc1. The molecule has 1 aliphatic carbocycles. The molecule has 0 saturated heterocycles. The highest BCUT2D eigenvalue weighted by Gasteiger charge is 2.26. The van der Waals surface area contributed by atoms with Crippen LogP contribution in [0.3, 0.4) is 0 Å². The molecule has 0 spiro atoms. The Labute approximate surface area is 127 Å². The van der Waals surface area contributed by atoms with E-state index >= 15 is 0 Å². The third kappa shape index (κ3) is 5.05. The molecule has 21 heavy (non-hydrogen) atoms. The average molecular weight is 290 g/mol. The molecule has 0 radical (unpaired) electrons. The zero-order valence-electron chi connectivity index (χ0n) is 13.0. The Morgan fingerprint density at radius 3 is 2.76 bits per heavy atom. The largest absolute Gasteiger partial charge is 0.491 e. The lowest BCUT2D eigenvalue weighted by Crippen LogP contribution is -2.43. The summed E-state index contributed by atoms with van der Waals surface area (Å²) >= 11 is 0. The van der Waals surface area contributed by atoms with Gasteiger partial charge in [-0.2, -0.15) is 0 Å². The molecule has 0 heterocycles. The summed E-state index contributed by atoms with van der Waals surface area (Å²) in [6, 6.07) is 8.10. The van der Waals surface area contributed by atoms with Gasteiger partial charge in [-0.1, -0.05) is 24.1 Å². The number of rotatable bonds is 5. The predicted octanol–water partition coefficient (Wildman–Crippen LogP) is 2.40. The molecule has 2 rings (SSSR count). The highest BCUT2D eigenvalue weighted by molar-refractivity contribution is 5.79. The van der Waals surface area contributed by atoms with Crippen LogP contribution in [0, 0.1) is 12.8 Å². The molecule has 1 fully saturated rings. The third-order valence-electron chi connectivity index (χ3n) is 4.00. The lowest BCUT2D eigenvalue weighted by molar-refractivity contribution is -0.126. The Morgan fingerprint density at radius 2 is 2.10 bits per heavy atom. The first-order valence-electron chi connectivity index (χ1n) is 7.80. The second-order valence-electron chi connectivity index (χ2n) is 6.16. The number of aryl methyl sites for hydroxylation is 1. The molecule has 0 bridgehead atoms. The smallest absolute Gasteiger partial charge is 0.223 e. The van der Waals surface area contributed by atoms with Crippen molar-refractivity contribution in [1.82, 2.24) is 5.32 Å². The molecular weight excluding hydrogens is 264 g/mol. The van der Waals surface area contributed by atoms with E-state index in [1.54, 1.807) is 0 Å². The van der Waals surface area contributed by atoms with Gasteiger partial charge in [-0.3, -0.25) is 4.79 Å². The molecule has 1 aliphatic rings. The third-order valence-corrected chi connectivity index (χ3v) is 4.00. The Morgan fingerprint density at radius 1 is 1.38 bits per heavy atom. The second-order valence-corrected chi connectivity index (χ2v) is 6.16. The van der Waals surface area contributed by atoms with Gasteiger partial charge in [-0.15, -0.1) is 0 Å². The molecule has 1 aromatic carbocycles. The van der Waals surface area contributed by atoms with Crippen molar-refractivity contribution in [2.45, 2.75) is 51.6 Å². The van der Waals surface area contributed by atoms with Crippen LogP contribution in [0.1, 0.15) is 38.2 Å². The number of carbonyl (C=O) groups excluding carboxylic acids is 1. The number of nitrogens with one attached hydrogen (secondary N) is 1. The van der Waals surface area contributed by atoms with Gasteiger partial charge in [0, 0.05) is 12.0 Å². The van der Waals surface area contributed by atoms with Crippen LogP contribution in [0.4, 0.5) is 0 Å². The van der Waals surface area contributed by atoms with E-state index in [9.17, 15) is 4.79 Å². The van der Waals surface area contributed by atoms with E-state index < -0.39 is 0 Å². The van der Waals surface area contributed by atoms with E-state index in [0.29, 0.717) is 6.61 Å². The van der Waals surface area contributed by atoms with Gasteiger partial charge in [0.1, 0.15) is 12.4 Å². The summed E-state index contributed by atoms with van der Waals surface area (Å²) in [5, 5.41) is 3.03. The lowest BCUT2D eigenvalue weighted by Gasteiger charge is -2.27. The zero-order valence-corrected chi connectivity index (χ0v) is 13.0. The van der Waals surface area contributed by atoms with Gasteiger partial charge in [-0.05, 0) is 45.2 Å². The van der Waals surface area contributed by atoms with E-state index in [4.69, 9.17) is 10.5 Å². The number of amides is 1. The summed E-state index contributed by atoms with van der Waals surface area (Å²) in [4.78, 5) is 12.2. The van der Waals surface area contributed by atoms with Crippen LogP contribution in [0.5, 0.6) is 5.75 Å². The van der Waals surface area contributed by atoms with Crippen LogP contribution in [-0.4, -0.2) is 24.6 Å². The molecule has 116 valence electrons. The maximum Gasteiger partial charge on any atom is 0.223 e. The lowest BCUT2D eigenvalue weighted by atomic mass is 9.85. The number of hydrogen-bond acceptors (Lipinski definition) is 3. The van der Waals surface area contributed by atoms with Crippen molar-refractivity contribution in [3.63, 3.8) is 0 Å². The Hall–Kier alpha value is -1.55. The van der Waals surface area contributed by atoms with Crippen molar-refractivity contribution >= 4 is 5.91 Å². The van der Waals surface area contributed by atoms with Gasteiger partial charge in [0.15, 0.2) is 0 Å². The quantitative estimate of drug-likeness (QED) is 0.875. The monoisotopic (exact) mass is 290 g/mol. The van der Waals surface area contributed by atoms with E-state index in [-0.39, 0.29) is 23.9 Å². The van der Waals surface area contributed by atoms with Crippen molar-refractivity contribution < 1.29 is 9.53 Å². The standard InChI is InChI=1S/C17H26N2O2/c1-12-6-8-16(9-7-12)21-11-13(2)19-17(20)14-4-3-5-15(18)10-14/h6-9,13-15H,3-5,10-11,18H2,1-2H3,(H,19,20). The molecular formula is C17H26N2O2. The number of carbonyl (C=O) groups is 1. The second kappa shape index (κ2) is 7.46. The molecule has 3 N–H and O–H groups in total. The molecule has 3 atom stereocenters. The van der Waals surface area contributed by atoms with Crippen LogP contribution in [0.15, 0.2) is 24.3 Å².